The van der Waals surface area contributed by atoms with Crippen LogP contribution in [-0.2, 0) is 0 Å². The number of hydrogen-bond acceptors (Lipinski definition) is 1. The molecule has 0 aliphatic carbocycles. The quantitative estimate of drug-likeness (QED) is 0.743. The van der Waals surface area contributed by atoms with E-state index >= 15 is 0 Å². The van der Waals surface area contributed by atoms with Crippen LogP contribution in [0.5, 0.6) is 5.75 Å². The van der Waals surface area contributed by atoms with E-state index in [-0.39, 0.29) is 6.10 Å². The van der Waals surface area contributed by atoms with Crippen molar-refractivity contribution in [2.45, 2.75) is 20.0 Å². The van der Waals surface area contributed by atoms with E-state index in [0.717, 1.165) is 5.75 Å². The Balaban J connectivity index is 2.29. The first-order valence-electron chi connectivity index (χ1n) is 5.58. The van der Waals surface area contributed by atoms with Crippen molar-refractivity contribution >= 4 is 0 Å². The maximum absolute atomic E-state index is 5.68. The van der Waals surface area contributed by atoms with Gasteiger partial charge in [-0.25, -0.2) is 0 Å². The number of benzene rings is 2. The molecule has 0 bridgehead atoms. The minimum absolute atomic E-state index is 0.214. The lowest BCUT2D eigenvalue weighted by Gasteiger charge is -2.10. The Labute approximate surface area is 96.7 Å². The fourth-order valence-corrected chi connectivity index (χ4v) is 1.65. The van der Waals surface area contributed by atoms with E-state index in [9.17, 15) is 0 Å². The summed E-state index contributed by atoms with van der Waals surface area (Å²) in [6.07, 6.45) is 0.214. The van der Waals surface area contributed by atoms with Gasteiger partial charge in [0.15, 0.2) is 0 Å². The monoisotopic (exact) mass is 212 g/mol. The second-order valence-corrected chi connectivity index (χ2v) is 4.06. The fraction of sp³-hybridized carbons (Fsp3) is 0.200. The molecule has 0 aromatic heterocycles. The first-order chi connectivity index (χ1) is 7.75. The highest BCUT2D eigenvalue weighted by Crippen LogP contribution is 2.23. The lowest BCUT2D eigenvalue weighted by molar-refractivity contribution is 0.242. The first-order valence-corrected chi connectivity index (χ1v) is 5.58. The van der Waals surface area contributed by atoms with Crippen LogP contribution in [0.25, 0.3) is 11.1 Å². The van der Waals surface area contributed by atoms with E-state index in [2.05, 4.69) is 24.3 Å². The summed E-state index contributed by atoms with van der Waals surface area (Å²) >= 11 is 0. The minimum Gasteiger partial charge on any atom is -0.491 e. The van der Waals surface area contributed by atoms with Crippen LogP contribution in [0.15, 0.2) is 54.6 Å². The predicted octanol–water partition coefficient (Wildman–Crippen LogP) is 4.14. The Morgan fingerprint density at radius 3 is 2.19 bits per heavy atom. The molecule has 0 spiro atoms. The van der Waals surface area contributed by atoms with Crippen molar-refractivity contribution in [1.29, 1.82) is 0 Å². The molecule has 0 unspecified atom stereocenters. The summed E-state index contributed by atoms with van der Waals surface area (Å²) in [5, 5.41) is 0. The normalized spacial score (nSPS) is 10.4. The van der Waals surface area contributed by atoms with E-state index in [1.165, 1.54) is 11.1 Å². The molecule has 0 saturated heterocycles. The van der Waals surface area contributed by atoms with Gasteiger partial charge in [0, 0.05) is 0 Å². The summed E-state index contributed by atoms with van der Waals surface area (Å²) < 4.78 is 5.68. The lowest BCUT2D eigenvalue weighted by atomic mass is 10.1. The maximum Gasteiger partial charge on any atom is 0.120 e. The van der Waals surface area contributed by atoms with Gasteiger partial charge >= 0.3 is 0 Å². The zero-order valence-corrected chi connectivity index (χ0v) is 9.68. The van der Waals surface area contributed by atoms with E-state index in [1.54, 1.807) is 0 Å². The van der Waals surface area contributed by atoms with Gasteiger partial charge in [-0.1, -0.05) is 42.5 Å². The molecule has 2 aromatic rings. The van der Waals surface area contributed by atoms with Gasteiger partial charge < -0.3 is 4.74 Å². The summed E-state index contributed by atoms with van der Waals surface area (Å²) in [5.41, 5.74) is 2.41. The van der Waals surface area contributed by atoms with E-state index < -0.39 is 0 Å². The standard InChI is InChI=1S/C15H16O/c1-12(2)16-15-10-6-9-14(11-15)13-7-4-3-5-8-13/h3-12H,1-2H3. The molecule has 1 nitrogen and oxygen atoms in total. The molecule has 0 heterocycles. The highest BCUT2D eigenvalue weighted by Gasteiger charge is 2.00. The van der Waals surface area contributed by atoms with Gasteiger partial charge in [0.05, 0.1) is 6.10 Å². The molecule has 0 atom stereocenters. The molecule has 0 N–H and O–H groups in total. The Hall–Kier alpha value is -1.76. The molecule has 2 rings (SSSR count). The SMILES string of the molecule is CC(C)Oc1cccc(-c2ccccc2)c1. The lowest BCUT2D eigenvalue weighted by Crippen LogP contribution is -2.05. The van der Waals surface area contributed by atoms with Crippen LogP contribution in [0.4, 0.5) is 0 Å². The maximum atomic E-state index is 5.68. The fourth-order valence-electron chi connectivity index (χ4n) is 1.65. The second kappa shape index (κ2) is 4.84. The molecule has 82 valence electrons. The van der Waals surface area contributed by atoms with E-state index in [1.807, 2.05) is 44.2 Å². The van der Waals surface area contributed by atoms with Gasteiger partial charge in [-0.2, -0.15) is 0 Å². The largest absolute Gasteiger partial charge is 0.491 e. The van der Waals surface area contributed by atoms with Crippen LogP contribution >= 0.6 is 0 Å². The third-order valence-electron chi connectivity index (χ3n) is 2.31. The van der Waals surface area contributed by atoms with Crippen molar-refractivity contribution in [2.75, 3.05) is 0 Å². The Kier molecular flexibility index (Phi) is 3.25. The van der Waals surface area contributed by atoms with Crippen LogP contribution in [0.1, 0.15) is 13.8 Å². The summed E-state index contributed by atoms with van der Waals surface area (Å²) in [6, 6.07) is 18.5. The number of rotatable bonds is 3. The molecule has 0 aliphatic heterocycles. The zero-order chi connectivity index (χ0) is 11.4. The minimum atomic E-state index is 0.214. The Morgan fingerprint density at radius 2 is 1.50 bits per heavy atom. The molecule has 0 saturated carbocycles. The van der Waals surface area contributed by atoms with Crippen molar-refractivity contribution in [3.63, 3.8) is 0 Å². The molecule has 2 aromatic carbocycles. The van der Waals surface area contributed by atoms with Gasteiger partial charge in [0.2, 0.25) is 0 Å². The Morgan fingerprint density at radius 1 is 0.812 bits per heavy atom. The highest BCUT2D eigenvalue weighted by atomic mass is 16.5. The van der Waals surface area contributed by atoms with Crippen molar-refractivity contribution in [3.8, 4) is 16.9 Å². The number of hydrogen-bond donors (Lipinski definition) is 0. The highest BCUT2D eigenvalue weighted by molar-refractivity contribution is 5.64. The summed E-state index contributed by atoms with van der Waals surface area (Å²) in [4.78, 5) is 0. The van der Waals surface area contributed by atoms with Crippen LogP contribution in [0.3, 0.4) is 0 Å². The van der Waals surface area contributed by atoms with E-state index in [4.69, 9.17) is 4.74 Å². The van der Waals surface area contributed by atoms with Gasteiger partial charge in [0.1, 0.15) is 5.75 Å². The summed E-state index contributed by atoms with van der Waals surface area (Å²) in [7, 11) is 0. The third kappa shape index (κ3) is 2.63. The zero-order valence-electron chi connectivity index (χ0n) is 9.68. The molecule has 16 heavy (non-hydrogen) atoms. The van der Waals surface area contributed by atoms with Crippen molar-refractivity contribution in [3.05, 3.63) is 54.6 Å². The summed E-state index contributed by atoms with van der Waals surface area (Å²) in [6.45, 7) is 4.07. The Bertz CT molecular complexity index is 446. The third-order valence-corrected chi connectivity index (χ3v) is 2.31. The second-order valence-electron chi connectivity index (χ2n) is 4.06. The molecule has 0 amide bonds. The van der Waals surface area contributed by atoms with Crippen LogP contribution in [-0.4, -0.2) is 6.10 Å². The summed E-state index contributed by atoms with van der Waals surface area (Å²) in [5.74, 6) is 0.927. The van der Waals surface area contributed by atoms with Crippen molar-refractivity contribution in [2.24, 2.45) is 0 Å². The van der Waals surface area contributed by atoms with Gasteiger partial charge in [-0.3, -0.25) is 0 Å². The van der Waals surface area contributed by atoms with Crippen LogP contribution in [0, 0.1) is 0 Å². The van der Waals surface area contributed by atoms with Crippen molar-refractivity contribution in [1.82, 2.24) is 0 Å². The van der Waals surface area contributed by atoms with Crippen LogP contribution in [0.2, 0.25) is 0 Å². The smallest absolute Gasteiger partial charge is 0.120 e. The molecule has 0 radical (unpaired) electrons. The van der Waals surface area contributed by atoms with Crippen molar-refractivity contribution < 1.29 is 4.74 Å². The predicted molar refractivity (Wildman–Crippen MR) is 67.6 cm³/mol. The average Bonchev–Trinajstić information content (AvgIpc) is 2.30. The van der Waals surface area contributed by atoms with Gasteiger partial charge in [-0.05, 0) is 37.1 Å². The molecule has 1 heteroatoms. The average molecular weight is 212 g/mol. The molecule has 0 fully saturated rings. The van der Waals surface area contributed by atoms with Gasteiger partial charge in [-0.15, -0.1) is 0 Å². The topological polar surface area (TPSA) is 9.23 Å². The number of ether oxygens (including phenoxy) is 1. The van der Waals surface area contributed by atoms with E-state index in [0.29, 0.717) is 0 Å². The molecular weight excluding hydrogens is 196 g/mol. The van der Waals surface area contributed by atoms with Gasteiger partial charge in [0.25, 0.3) is 0 Å². The first kappa shape index (κ1) is 10.7. The van der Waals surface area contributed by atoms with Crippen LogP contribution < -0.4 is 4.74 Å². The molecule has 0 aliphatic rings. The molecular formula is C15H16O.